The summed E-state index contributed by atoms with van der Waals surface area (Å²) in [6, 6.07) is 19.0. The molecule has 2 N–H and O–H groups in total. The monoisotopic (exact) mass is 510 g/mol. The Hall–Kier alpha value is -3.82. The van der Waals surface area contributed by atoms with Gasteiger partial charge < -0.3 is 19.8 Å². The van der Waals surface area contributed by atoms with Gasteiger partial charge in [0.15, 0.2) is 4.77 Å². The predicted octanol–water partition coefficient (Wildman–Crippen LogP) is 4.99. The van der Waals surface area contributed by atoms with E-state index in [9.17, 15) is 0 Å². The molecule has 0 bridgehead atoms. The van der Waals surface area contributed by atoms with Gasteiger partial charge in [0.25, 0.3) is 0 Å². The zero-order valence-corrected chi connectivity index (χ0v) is 21.7. The highest BCUT2D eigenvalue weighted by molar-refractivity contribution is 7.71. The molecule has 1 aliphatic heterocycles. The molecule has 188 valence electrons. The second-order valence-corrected chi connectivity index (χ2v) is 9.74. The molecule has 0 unspecified atom stereocenters. The lowest BCUT2D eigenvalue weighted by Crippen LogP contribution is -2.46. The molecule has 6 rings (SSSR count). The van der Waals surface area contributed by atoms with Crippen molar-refractivity contribution in [3.63, 3.8) is 0 Å². The van der Waals surface area contributed by atoms with Crippen LogP contribution in [0.15, 0.2) is 67.1 Å². The molecule has 9 heteroatoms. The lowest BCUT2D eigenvalue weighted by atomic mass is 10.1. The van der Waals surface area contributed by atoms with Crippen molar-refractivity contribution < 1.29 is 0 Å². The highest BCUT2D eigenvalue weighted by Gasteiger charge is 2.19. The first-order valence-electron chi connectivity index (χ1n) is 12.8. The first kappa shape index (κ1) is 23.6. The van der Waals surface area contributed by atoms with Crippen LogP contribution in [-0.2, 0) is 19.6 Å². The molecule has 0 amide bonds. The van der Waals surface area contributed by atoms with Crippen LogP contribution in [0.4, 0.5) is 11.6 Å². The zero-order chi connectivity index (χ0) is 25.2. The van der Waals surface area contributed by atoms with Crippen molar-refractivity contribution >= 4 is 45.8 Å². The number of nitrogens with zero attached hydrogens (tertiary/aromatic N) is 6. The normalized spacial score (nSPS) is 14.5. The summed E-state index contributed by atoms with van der Waals surface area (Å²) in [6.45, 7) is 8.55. The van der Waals surface area contributed by atoms with Crippen molar-refractivity contribution in [1.29, 1.82) is 0 Å². The van der Waals surface area contributed by atoms with Gasteiger partial charge in [-0.3, -0.25) is 4.90 Å². The zero-order valence-electron chi connectivity index (χ0n) is 20.9. The molecule has 37 heavy (non-hydrogen) atoms. The summed E-state index contributed by atoms with van der Waals surface area (Å²) in [7, 11) is 0. The third-order valence-corrected chi connectivity index (χ3v) is 7.47. The minimum atomic E-state index is 0.695. The van der Waals surface area contributed by atoms with Crippen molar-refractivity contribution in [3.8, 4) is 0 Å². The number of imidazole rings is 1. The number of aromatic nitrogens is 5. The maximum atomic E-state index is 5.50. The van der Waals surface area contributed by atoms with Gasteiger partial charge in [-0.25, -0.2) is 15.0 Å². The number of rotatable bonds is 7. The lowest BCUT2D eigenvalue weighted by Gasteiger charge is -2.35. The summed E-state index contributed by atoms with van der Waals surface area (Å²) >= 11 is 5.50. The van der Waals surface area contributed by atoms with Crippen molar-refractivity contribution in [2.45, 2.75) is 26.6 Å². The average molecular weight is 511 g/mol. The fourth-order valence-electron chi connectivity index (χ4n) is 5.14. The first-order chi connectivity index (χ1) is 18.2. The van der Waals surface area contributed by atoms with Gasteiger partial charge in [-0.15, -0.1) is 0 Å². The number of anilines is 2. The Balaban J connectivity index is 1.17. The van der Waals surface area contributed by atoms with E-state index < -0.39 is 0 Å². The second kappa shape index (κ2) is 10.3. The molecule has 8 nitrogen and oxygen atoms in total. The molecule has 0 aliphatic carbocycles. The predicted molar refractivity (Wildman–Crippen MR) is 151 cm³/mol. The van der Waals surface area contributed by atoms with E-state index >= 15 is 0 Å². The molecule has 5 aromatic rings. The number of fused-ring (bicyclic) bond motifs is 2. The Morgan fingerprint density at radius 1 is 0.946 bits per heavy atom. The molecule has 4 heterocycles. The first-order valence-corrected chi connectivity index (χ1v) is 13.2. The van der Waals surface area contributed by atoms with Gasteiger partial charge in [0.2, 0.25) is 0 Å². The maximum absolute atomic E-state index is 5.50. The van der Waals surface area contributed by atoms with E-state index in [-0.39, 0.29) is 0 Å². The topological polar surface area (TPSA) is 77.9 Å². The summed E-state index contributed by atoms with van der Waals surface area (Å²) in [5, 5.41) is 4.56. The van der Waals surface area contributed by atoms with Crippen LogP contribution in [0.2, 0.25) is 0 Å². The van der Waals surface area contributed by atoms with Crippen LogP contribution in [0, 0.1) is 4.77 Å². The fourth-order valence-corrected chi connectivity index (χ4v) is 5.48. The second-order valence-electron chi connectivity index (χ2n) is 9.36. The third-order valence-electron chi connectivity index (χ3n) is 7.15. The summed E-state index contributed by atoms with van der Waals surface area (Å²) in [6.07, 6.45) is 3.49. The summed E-state index contributed by atoms with van der Waals surface area (Å²) in [5.41, 5.74) is 5.59. The summed E-state index contributed by atoms with van der Waals surface area (Å²) in [5.74, 6) is 1.89. The number of pyridine rings is 1. The Morgan fingerprint density at radius 2 is 1.76 bits per heavy atom. The van der Waals surface area contributed by atoms with Gasteiger partial charge in [0.1, 0.15) is 18.0 Å². The number of nitrogens with one attached hydrogen (secondary N) is 2. The van der Waals surface area contributed by atoms with Gasteiger partial charge in [0.05, 0.1) is 16.6 Å². The molecule has 0 atom stereocenters. The number of piperazine rings is 1. The lowest BCUT2D eigenvalue weighted by molar-refractivity contribution is 0.248. The van der Waals surface area contributed by atoms with Crippen LogP contribution >= 0.6 is 12.2 Å². The average Bonchev–Trinajstić information content (AvgIpc) is 3.25. The Kier molecular flexibility index (Phi) is 6.55. The number of aryl methyl sites for hydroxylation is 1. The molecule has 0 radical (unpaired) electrons. The van der Waals surface area contributed by atoms with Gasteiger partial charge in [0, 0.05) is 57.4 Å². The largest absolute Gasteiger partial charge is 0.365 e. The van der Waals surface area contributed by atoms with Crippen LogP contribution in [-0.4, -0.2) is 55.6 Å². The quantitative estimate of drug-likeness (QED) is 0.299. The molecular formula is C28H30N8S. The number of hydrogen-bond donors (Lipinski definition) is 2. The molecule has 0 saturated carbocycles. The van der Waals surface area contributed by atoms with E-state index in [4.69, 9.17) is 12.2 Å². The number of aromatic amines is 1. The van der Waals surface area contributed by atoms with E-state index in [2.05, 4.69) is 95.1 Å². The minimum Gasteiger partial charge on any atom is -0.365 e. The highest BCUT2D eigenvalue weighted by atomic mass is 32.1. The van der Waals surface area contributed by atoms with Crippen molar-refractivity contribution in [2.24, 2.45) is 0 Å². The number of benzene rings is 2. The minimum absolute atomic E-state index is 0.695. The number of H-pyrrole nitrogens is 1. The number of hydrogen-bond acceptors (Lipinski definition) is 7. The van der Waals surface area contributed by atoms with Gasteiger partial charge >= 0.3 is 0 Å². The van der Waals surface area contributed by atoms with E-state index in [1.54, 1.807) is 6.33 Å². The summed E-state index contributed by atoms with van der Waals surface area (Å²) < 4.78 is 2.82. The molecule has 1 fully saturated rings. The third kappa shape index (κ3) is 4.80. The highest BCUT2D eigenvalue weighted by Crippen LogP contribution is 2.26. The van der Waals surface area contributed by atoms with Gasteiger partial charge in [-0.05, 0) is 54.5 Å². The van der Waals surface area contributed by atoms with Crippen LogP contribution < -0.4 is 10.2 Å². The summed E-state index contributed by atoms with van der Waals surface area (Å²) in [4.78, 5) is 21.8. The van der Waals surface area contributed by atoms with E-state index in [1.165, 1.54) is 11.1 Å². The van der Waals surface area contributed by atoms with Gasteiger partial charge in [-0.2, -0.15) is 0 Å². The molecule has 0 spiro atoms. The van der Waals surface area contributed by atoms with Crippen molar-refractivity contribution in [1.82, 2.24) is 29.4 Å². The Morgan fingerprint density at radius 3 is 2.54 bits per heavy atom. The van der Waals surface area contributed by atoms with Crippen LogP contribution in [0.5, 0.6) is 0 Å². The molecular weight excluding hydrogens is 480 g/mol. The Bertz CT molecular complexity index is 1580. The van der Waals surface area contributed by atoms with E-state index in [1.807, 2.05) is 12.3 Å². The smallest absolute Gasteiger partial charge is 0.178 e. The van der Waals surface area contributed by atoms with Crippen LogP contribution in [0.3, 0.4) is 0 Å². The van der Waals surface area contributed by atoms with Crippen LogP contribution in [0.25, 0.3) is 21.9 Å². The van der Waals surface area contributed by atoms with Crippen molar-refractivity contribution in [3.05, 3.63) is 83.0 Å². The van der Waals surface area contributed by atoms with Crippen molar-refractivity contribution in [2.75, 3.05) is 36.4 Å². The molecule has 1 saturated heterocycles. The standard InChI is InChI=1S/C28H30N8S/c1-2-36-25-16-23-22(15-24(25)33-28(36)37)27(32-19-31-23)30-17-20-7-3-4-8-21(20)18-34-11-13-35(14-12-34)26-9-5-6-10-29-26/h3-10,15-16,19H,2,11-14,17-18H2,1H3,(H,33,37)(H,30,31,32). The fraction of sp³-hybridized carbons (Fsp3) is 0.286. The molecule has 1 aliphatic rings. The van der Waals surface area contributed by atoms with Gasteiger partial charge in [-0.1, -0.05) is 30.3 Å². The van der Waals surface area contributed by atoms with E-state index in [0.717, 1.165) is 77.6 Å². The molecule has 3 aromatic heterocycles. The molecule has 2 aromatic carbocycles. The maximum Gasteiger partial charge on any atom is 0.178 e. The Labute approximate surface area is 221 Å². The van der Waals surface area contributed by atoms with Crippen LogP contribution in [0.1, 0.15) is 18.1 Å². The van der Waals surface area contributed by atoms with E-state index in [0.29, 0.717) is 6.54 Å². The SMILES string of the molecule is CCn1c(=S)[nH]c2cc3c(NCc4ccccc4CN4CCN(c5ccccn5)CC4)ncnc3cc21.